The molecule has 10 nitrogen and oxygen atoms in total. The first-order chi connectivity index (χ1) is 13.7. The first kappa shape index (κ1) is 16.8. The van der Waals surface area contributed by atoms with Gasteiger partial charge in [0.1, 0.15) is 18.5 Å². The number of rotatable bonds is 3. The fourth-order valence-electron chi connectivity index (χ4n) is 3.85. The van der Waals surface area contributed by atoms with Crippen molar-refractivity contribution in [3.05, 3.63) is 30.2 Å². The van der Waals surface area contributed by atoms with Gasteiger partial charge in [-0.15, -0.1) is 0 Å². The van der Waals surface area contributed by atoms with E-state index in [2.05, 4.69) is 53.7 Å². The van der Waals surface area contributed by atoms with Gasteiger partial charge in [-0.05, 0) is 20.8 Å². The minimum atomic E-state index is 0.642. The van der Waals surface area contributed by atoms with E-state index in [-0.39, 0.29) is 0 Å². The number of aryl methyl sites for hydroxylation is 2. The maximum atomic E-state index is 4.55. The van der Waals surface area contributed by atoms with Crippen LogP contribution < -0.4 is 9.80 Å². The summed E-state index contributed by atoms with van der Waals surface area (Å²) in [6.45, 7) is 10.5. The van der Waals surface area contributed by atoms with E-state index in [1.165, 1.54) is 0 Å². The normalized spacial score (nSPS) is 15.1. The SMILES string of the molecule is CCn1cnc2c(N3CCN(c4c(C)c(C)nc5ncnn45)CC3)ncnc21. The molecular weight excluding hydrogens is 356 g/mol. The fraction of sp³-hybridized carbons (Fsp3) is 0.444. The number of anilines is 2. The molecule has 0 spiro atoms. The van der Waals surface area contributed by atoms with Gasteiger partial charge in [-0.2, -0.15) is 14.6 Å². The zero-order chi connectivity index (χ0) is 19.3. The lowest BCUT2D eigenvalue weighted by atomic mass is 10.2. The molecule has 4 aromatic rings. The second-order valence-corrected chi connectivity index (χ2v) is 6.99. The summed E-state index contributed by atoms with van der Waals surface area (Å²) < 4.78 is 3.88. The zero-order valence-corrected chi connectivity index (χ0v) is 16.2. The van der Waals surface area contributed by atoms with Gasteiger partial charge in [-0.1, -0.05) is 0 Å². The number of nitrogens with zero attached hydrogens (tertiary/aromatic N) is 10. The summed E-state index contributed by atoms with van der Waals surface area (Å²) in [7, 11) is 0. The molecule has 5 rings (SSSR count). The Labute approximate surface area is 161 Å². The largest absolute Gasteiger partial charge is 0.353 e. The quantitative estimate of drug-likeness (QED) is 0.525. The maximum Gasteiger partial charge on any atom is 0.254 e. The fourth-order valence-corrected chi connectivity index (χ4v) is 3.85. The van der Waals surface area contributed by atoms with E-state index in [0.29, 0.717) is 5.78 Å². The highest BCUT2D eigenvalue weighted by Gasteiger charge is 2.25. The molecule has 0 amide bonds. The van der Waals surface area contributed by atoms with Gasteiger partial charge in [0.05, 0.1) is 6.33 Å². The van der Waals surface area contributed by atoms with Crippen molar-refractivity contribution in [2.75, 3.05) is 36.0 Å². The topological polar surface area (TPSA) is 93.2 Å². The van der Waals surface area contributed by atoms with Crippen molar-refractivity contribution < 1.29 is 0 Å². The predicted octanol–water partition coefficient (Wildman–Crippen LogP) is 1.23. The standard InChI is InChI=1S/C18H22N10/c1-4-25-11-22-14-15(25)19-9-20-16(14)26-5-7-27(8-6-26)17-12(2)13(3)24-18-21-10-23-28(17)18/h9-11H,4-8H2,1-3H3. The van der Waals surface area contributed by atoms with Crippen LogP contribution in [0.5, 0.6) is 0 Å². The van der Waals surface area contributed by atoms with Crippen molar-refractivity contribution in [3.8, 4) is 0 Å². The van der Waals surface area contributed by atoms with Crippen LogP contribution in [0.1, 0.15) is 18.2 Å². The van der Waals surface area contributed by atoms with Gasteiger partial charge in [-0.25, -0.2) is 19.9 Å². The number of hydrogen-bond donors (Lipinski definition) is 0. The van der Waals surface area contributed by atoms with Crippen LogP contribution in [0, 0.1) is 13.8 Å². The molecule has 0 radical (unpaired) electrons. The van der Waals surface area contributed by atoms with Gasteiger partial charge in [-0.3, -0.25) is 0 Å². The van der Waals surface area contributed by atoms with Crippen LogP contribution in [-0.4, -0.2) is 65.3 Å². The molecular formula is C18H22N10. The van der Waals surface area contributed by atoms with Crippen molar-refractivity contribution >= 4 is 28.6 Å². The Bertz CT molecular complexity index is 1150. The van der Waals surface area contributed by atoms with E-state index >= 15 is 0 Å². The molecule has 0 atom stereocenters. The van der Waals surface area contributed by atoms with E-state index < -0.39 is 0 Å². The smallest absolute Gasteiger partial charge is 0.254 e. The molecule has 0 bridgehead atoms. The second kappa shape index (κ2) is 6.39. The highest BCUT2D eigenvalue weighted by molar-refractivity contribution is 5.83. The molecule has 0 saturated carbocycles. The summed E-state index contributed by atoms with van der Waals surface area (Å²) in [5, 5.41) is 4.38. The van der Waals surface area contributed by atoms with Crippen LogP contribution in [0.4, 0.5) is 11.6 Å². The van der Waals surface area contributed by atoms with Crippen molar-refractivity contribution in [3.63, 3.8) is 0 Å². The van der Waals surface area contributed by atoms with Gasteiger partial charge in [0.25, 0.3) is 5.78 Å². The number of imidazole rings is 1. The second-order valence-electron chi connectivity index (χ2n) is 6.99. The van der Waals surface area contributed by atoms with Crippen molar-refractivity contribution in [1.29, 1.82) is 0 Å². The predicted molar refractivity (Wildman–Crippen MR) is 106 cm³/mol. The van der Waals surface area contributed by atoms with E-state index in [1.54, 1.807) is 12.7 Å². The van der Waals surface area contributed by atoms with Crippen molar-refractivity contribution in [2.24, 2.45) is 0 Å². The summed E-state index contributed by atoms with van der Waals surface area (Å²) in [5.41, 5.74) is 3.88. The average molecular weight is 378 g/mol. The molecule has 0 unspecified atom stereocenters. The van der Waals surface area contributed by atoms with Crippen molar-refractivity contribution in [1.82, 2.24) is 39.1 Å². The Hall–Kier alpha value is -3.30. The van der Waals surface area contributed by atoms with E-state index in [1.807, 2.05) is 22.3 Å². The molecule has 1 aliphatic rings. The van der Waals surface area contributed by atoms with Gasteiger partial charge in [0, 0.05) is 44.0 Å². The molecule has 4 aromatic heterocycles. The number of aromatic nitrogens is 8. The minimum absolute atomic E-state index is 0.642. The minimum Gasteiger partial charge on any atom is -0.353 e. The molecule has 5 heterocycles. The Morgan fingerprint density at radius 3 is 2.50 bits per heavy atom. The van der Waals surface area contributed by atoms with Crippen molar-refractivity contribution in [2.45, 2.75) is 27.3 Å². The maximum absolute atomic E-state index is 4.55. The molecule has 10 heteroatoms. The highest BCUT2D eigenvalue weighted by atomic mass is 15.4. The summed E-state index contributed by atoms with van der Waals surface area (Å²) in [6.07, 6.45) is 5.03. The Kier molecular flexibility index (Phi) is 3.85. The number of piperazine rings is 1. The third-order valence-electron chi connectivity index (χ3n) is 5.48. The summed E-state index contributed by atoms with van der Waals surface area (Å²) in [4.78, 5) is 26.9. The number of fused-ring (bicyclic) bond motifs is 2. The van der Waals surface area contributed by atoms with Gasteiger partial charge < -0.3 is 14.4 Å². The Morgan fingerprint density at radius 2 is 1.71 bits per heavy atom. The first-order valence-electron chi connectivity index (χ1n) is 9.50. The summed E-state index contributed by atoms with van der Waals surface area (Å²) in [6, 6.07) is 0. The van der Waals surface area contributed by atoms with Crippen LogP contribution in [0.3, 0.4) is 0 Å². The zero-order valence-electron chi connectivity index (χ0n) is 16.2. The van der Waals surface area contributed by atoms with Crippen LogP contribution in [0.25, 0.3) is 16.9 Å². The van der Waals surface area contributed by atoms with Crippen LogP contribution in [0.15, 0.2) is 19.0 Å². The molecule has 28 heavy (non-hydrogen) atoms. The lowest BCUT2D eigenvalue weighted by molar-refractivity contribution is 0.632. The van der Waals surface area contributed by atoms with Crippen LogP contribution in [0.2, 0.25) is 0 Å². The molecule has 144 valence electrons. The monoisotopic (exact) mass is 378 g/mol. The third-order valence-corrected chi connectivity index (χ3v) is 5.48. The van der Waals surface area contributed by atoms with Gasteiger partial charge in [0.15, 0.2) is 17.0 Å². The van der Waals surface area contributed by atoms with E-state index in [9.17, 15) is 0 Å². The Morgan fingerprint density at radius 1 is 0.929 bits per heavy atom. The van der Waals surface area contributed by atoms with E-state index in [0.717, 1.165) is 66.8 Å². The summed E-state index contributed by atoms with van der Waals surface area (Å²) >= 11 is 0. The first-order valence-corrected chi connectivity index (χ1v) is 9.50. The molecule has 1 aliphatic heterocycles. The lowest BCUT2D eigenvalue weighted by Gasteiger charge is -2.37. The number of hydrogen-bond acceptors (Lipinski definition) is 8. The molecule has 0 N–H and O–H groups in total. The van der Waals surface area contributed by atoms with Gasteiger partial charge >= 0.3 is 0 Å². The molecule has 1 fully saturated rings. The van der Waals surface area contributed by atoms with E-state index in [4.69, 9.17) is 0 Å². The Balaban J connectivity index is 1.44. The van der Waals surface area contributed by atoms with Gasteiger partial charge in [0.2, 0.25) is 0 Å². The molecule has 1 saturated heterocycles. The molecule has 0 aromatic carbocycles. The average Bonchev–Trinajstić information content (AvgIpc) is 3.35. The highest BCUT2D eigenvalue weighted by Crippen LogP contribution is 2.26. The lowest BCUT2D eigenvalue weighted by Crippen LogP contribution is -2.47. The summed E-state index contributed by atoms with van der Waals surface area (Å²) in [5.74, 6) is 2.62. The third kappa shape index (κ3) is 2.48. The van der Waals surface area contributed by atoms with Crippen LogP contribution in [-0.2, 0) is 6.54 Å². The van der Waals surface area contributed by atoms with Crippen LogP contribution >= 0.6 is 0 Å². The molecule has 0 aliphatic carbocycles.